The van der Waals surface area contributed by atoms with Crippen molar-refractivity contribution in [1.29, 1.82) is 0 Å². The highest BCUT2D eigenvalue weighted by molar-refractivity contribution is 7.23. The number of rotatable bonds is 6. The molecule has 9 heteroatoms. The Morgan fingerprint density at radius 1 is 1.43 bits per heavy atom. The number of hydrogen-bond donors (Lipinski definition) is 2. The van der Waals surface area contributed by atoms with Crippen LogP contribution >= 0.6 is 59.1 Å². The zero-order valence-corrected chi connectivity index (χ0v) is 16.2. The lowest BCUT2D eigenvalue weighted by Crippen LogP contribution is -2.39. The molecule has 23 heavy (non-hydrogen) atoms. The van der Waals surface area contributed by atoms with E-state index < -0.39 is 0 Å². The number of amides is 1. The Balaban J connectivity index is 0.00000132. The first-order valence-corrected chi connectivity index (χ1v) is 8.91. The highest BCUT2D eigenvalue weighted by Crippen LogP contribution is 2.33. The van der Waals surface area contributed by atoms with Gasteiger partial charge in [0.05, 0.1) is 21.3 Å². The van der Waals surface area contributed by atoms with Crippen molar-refractivity contribution in [2.45, 2.75) is 25.3 Å². The van der Waals surface area contributed by atoms with Crippen molar-refractivity contribution in [2.75, 3.05) is 6.54 Å². The van der Waals surface area contributed by atoms with E-state index in [1.54, 1.807) is 0 Å². The summed E-state index contributed by atoms with van der Waals surface area (Å²) in [5.41, 5.74) is 6.75. The molecule has 0 bridgehead atoms. The van der Waals surface area contributed by atoms with Gasteiger partial charge in [-0.05, 0) is 30.9 Å². The number of thiazole rings is 1. The molecule has 2 aromatic heterocycles. The van der Waals surface area contributed by atoms with Gasteiger partial charge in [-0.1, -0.05) is 11.6 Å². The maximum absolute atomic E-state index is 11.9. The minimum Gasteiger partial charge on any atom is -0.354 e. The van der Waals surface area contributed by atoms with Crippen molar-refractivity contribution < 1.29 is 4.79 Å². The number of aromatic nitrogens is 1. The maximum atomic E-state index is 11.9. The minimum atomic E-state index is -0.0211. The van der Waals surface area contributed by atoms with Gasteiger partial charge >= 0.3 is 0 Å². The van der Waals surface area contributed by atoms with Crippen molar-refractivity contribution >= 4 is 65.0 Å². The molecular formula is C14H18Cl3N3OS2. The van der Waals surface area contributed by atoms with Crippen molar-refractivity contribution in [3.05, 3.63) is 27.5 Å². The second-order valence-corrected chi connectivity index (χ2v) is 7.80. The van der Waals surface area contributed by atoms with E-state index >= 15 is 0 Å². The molecule has 1 amide bonds. The van der Waals surface area contributed by atoms with E-state index in [4.69, 9.17) is 17.3 Å². The third-order valence-electron chi connectivity index (χ3n) is 3.44. The minimum absolute atomic E-state index is 0. The number of hydrogen-bond acceptors (Lipinski definition) is 5. The first-order chi connectivity index (χ1) is 10.1. The van der Waals surface area contributed by atoms with Crippen LogP contribution < -0.4 is 11.1 Å². The molecule has 2 aromatic rings. The third-order valence-corrected chi connectivity index (χ3v) is 5.73. The molecular weight excluding hydrogens is 397 g/mol. The molecule has 3 rings (SSSR count). The Hall–Kier alpha value is -0.370. The number of thiophene rings is 1. The quantitative estimate of drug-likeness (QED) is 0.756. The predicted molar refractivity (Wildman–Crippen MR) is 102 cm³/mol. The Labute approximate surface area is 160 Å². The molecule has 0 aliphatic heterocycles. The van der Waals surface area contributed by atoms with Crippen LogP contribution in [0, 0.1) is 5.92 Å². The number of carbonyl (C=O) groups is 1. The number of halogens is 3. The summed E-state index contributed by atoms with van der Waals surface area (Å²) in [4.78, 5) is 17.4. The van der Waals surface area contributed by atoms with Crippen LogP contribution in [0.15, 0.2) is 17.5 Å². The van der Waals surface area contributed by atoms with Crippen LogP contribution in [0.25, 0.3) is 9.88 Å². The van der Waals surface area contributed by atoms with E-state index in [0.29, 0.717) is 18.9 Å². The Bertz CT molecular complexity index is 643. The SMILES string of the molecule is Cl.Cl.NC(CNC(=O)Cc1csc(-c2ccc(Cl)s2)n1)C1CC1. The topological polar surface area (TPSA) is 68.0 Å². The van der Waals surface area contributed by atoms with E-state index in [1.807, 2.05) is 17.5 Å². The molecule has 3 N–H and O–H groups in total. The highest BCUT2D eigenvalue weighted by Gasteiger charge is 2.28. The van der Waals surface area contributed by atoms with Crippen LogP contribution in [-0.2, 0) is 11.2 Å². The number of nitrogens with zero attached hydrogens (tertiary/aromatic N) is 1. The predicted octanol–water partition coefficient (Wildman–Crippen LogP) is 3.76. The molecule has 1 unspecified atom stereocenters. The van der Waals surface area contributed by atoms with Gasteiger partial charge in [0.15, 0.2) is 0 Å². The van der Waals surface area contributed by atoms with Crippen LogP contribution in [0.1, 0.15) is 18.5 Å². The number of nitrogens with one attached hydrogen (secondary N) is 1. The second kappa shape index (κ2) is 9.20. The molecule has 0 aromatic carbocycles. The van der Waals surface area contributed by atoms with E-state index in [0.717, 1.165) is 19.9 Å². The van der Waals surface area contributed by atoms with Gasteiger partial charge in [-0.2, -0.15) is 0 Å². The normalized spacial score (nSPS) is 14.5. The lowest BCUT2D eigenvalue weighted by Gasteiger charge is -2.10. The summed E-state index contributed by atoms with van der Waals surface area (Å²) in [5, 5.41) is 5.71. The van der Waals surface area contributed by atoms with Gasteiger partial charge in [0.1, 0.15) is 5.01 Å². The first-order valence-electron chi connectivity index (χ1n) is 6.84. The van der Waals surface area contributed by atoms with E-state index in [-0.39, 0.29) is 36.8 Å². The summed E-state index contributed by atoms with van der Waals surface area (Å²) in [6.07, 6.45) is 2.68. The van der Waals surface area contributed by atoms with Crippen molar-refractivity contribution in [3.63, 3.8) is 0 Å². The molecule has 1 saturated carbocycles. The van der Waals surface area contributed by atoms with Crippen LogP contribution in [0.2, 0.25) is 4.34 Å². The lowest BCUT2D eigenvalue weighted by molar-refractivity contribution is -0.120. The molecule has 1 aliphatic rings. The lowest BCUT2D eigenvalue weighted by atomic mass is 10.2. The first kappa shape index (κ1) is 20.7. The Morgan fingerprint density at radius 2 is 2.17 bits per heavy atom. The molecule has 4 nitrogen and oxygen atoms in total. The maximum Gasteiger partial charge on any atom is 0.226 e. The zero-order chi connectivity index (χ0) is 14.8. The van der Waals surface area contributed by atoms with Crippen molar-refractivity contribution in [3.8, 4) is 9.88 Å². The van der Waals surface area contributed by atoms with Gasteiger partial charge in [-0.25, -0.2) is 4.98 Å². The second-order valence-electron chi connectivity index (χ2n) is 5.23. The average molecular weight is 415 g/mol. The summed E-state index contributed by atoms with van der Waals surface area (Å²) in [6, 6.07) is 3.90. The molecule has 0 radical (unpaired) electrons. The van der Waals surface area contributed by atoms with Crippen molar-refractivity contribution in [2.24, 2.45) is 11.7 Å². The average Bonchev–Trinajstić information content (AvgIpc) is 3.07. The fourth-order valence-corrected chi connectivity index (χ4v) is 4.02. The van der Waals surface area contributed by atoms with Gasteiger partial charge in [0.2, 0.25) is 5.91 Å². The molecule has 128 valence electrons. The van der Waals surface area contributed by atoms with Gasteiger partial charge < -0.3 is 11.1 Å². The fourth-order valence-electron chi connectivity index (χ4n) is 2.08. The van der Waals surface area contributed by atoms with Crippen LogP contribution in [0.3, 0.4) is 0 Å². The monoisotopic (exact) mass is 413 g/mol. The standard InChI is InChI=1S/C14H16ClN3OS2.2ClH/c15-12-4-3-11(21-12)14-18-9(7-20-14)5-13(19)17-6-10(16)8-1-2-8;;/h3-4,7-8,10H,1-2,5-6,16H2,(H,17,19);2*1H. The van der Waals surface area contributed by atoms with Gasteiger partial charge in [-0.3, -0.25) is 4.79 Å². The van der Waals surface area contributed by atoms with E-state index in [1.165, 1.54) is 35.5 Å². The van der Waals surface area contributed by atoms with E-state index in [9.17, 15) is 4.79 Å². The van der Waals surface area contributed by atoms with Crippen molar-refractivity contribution in [1.82, 2.24) is 10.3 Å². The van der Waals surface area contributed by atoms with Crippen LogP contribution in [0.5, 0.6) is 0 Å². The summed E-state index contributed by atoms with van der Waals surface area (Å²) < 4.78 is 0.744. The fraction of sp³-hybridized carbons (Fsp3) is 0.429. The molecule has 1 aliphatic carbocycles. The highest BCUT2D eigenvalue weighted by atomic mass is 35.5. The number of carbonyl (C=O) groups excluding carboxylic acids is 1. The van der Waals surface area contributed by atoms with Gasteiger partial charge in [-0.15, -0.1) is 47.5 Å². The Morgan fingerprint density at radius 3 is 2.78 bits per heavy atom. The zero-order valence-electron chi connectivity index (χ0n) is 12.2. The summed E-state index contributed by atoms with van der Waals surface area (Å²) >= 11 is 8.95. The Kier molecular flexibility index (Phi) is 8.27. The molecule has 2 heterocycles. The largest absolute Gasteiger partial charge is 0.354 e. The van der Waals surface area contributed by atoms with Gasteiger partial charge in [0.25, 0.3) is 0 Å². The molecule has 0 saturated heterocycles. The van der Waals surface area contributed by atoms with Crippen LogP contribution in [-0.4, -0.2) is 23.5 Å². The van der Waals surface area contributed by atoms with Crippen LogP contribution in [0.4, 0.5) is 0 Å². The summed E-state index contributed by atoms with van der Waals surface area (Å²) in [5.74, 6) is 0.576. The summed E-state index contributed by atoms with van der Waals surface area (Å²) in [7, 11) is 0. The summed E-state index contributed by atoms with van der Waals surface area (Å²) in [6.45, 7) is 0.557. The molecule has 1 fully saturated rings. The molecule has 0 spiro atoms. The third kappa shape index (κ3) is 5.89. The van der Waals surface area contributed by atoms with E-state index in [2.05, 4.69) is 10.3 Å². The number of nitrogens with two attached hydrogens (primary N) is 1. The van der Waals surface area contributed by atoms with Gasteiger partial charge in [0, 0.05) is 18.0 Å². The molecule has 1 atom stereocenters. The smallest absolute Gasteiger partial charge is 0.226 e.